The third-order valence-electron chi connectivity index (χ3n) is 4.27. The smallest absolute Gasteiger partial charge is 0.289 e. The van der Waals surface area contributed by atoms with Gasteiger partial charge in [-0.05, 0) is 31.5 Å². The van der Waals surface area contributed by atoms with Gasteiger partial charge in [-0.2, -0.15) is 0 Å². The van der Waals surface area contributed by atoms with Gasteiger partial charge in [0.05, 0.1) is 13.2 Å². The number of hydrogen-bond donors (Lipinski definition) is 0. The Labute approximate surface area is 140 Å². The highest BCUT2D eigenvalue weighted by Gasteiger charge is 2.24. The Morgan fingerprint density at radius 1 is 1.33 bits per heavy atom. The van der Waals surface area contributed by atoms with Crippen LogP contribution in [0.25, 0.3) is 0 Å². The molecule has 0 radical (unpaired) electrons. The van der Waals surface area contributed by atoms with E-state index >= 15 is 0 Å². The van der Waals surface area contributed by atoms with Crippen molar-refractivity contribution in [3.05, 3.63) is 58.4 Å². The first-order chi connectivity index (χ1) is 11.7. The molecule has 1 fully saturated rings. The lowest BCUT2D eigenvalue weighted by atomic mass is 10.1. The molecule has 6 nitrogen and oxygen atoms in total. The minimum atomic E-state index is -0.115. The minimum Gasteiger partial charge on any atom is -0.454 e. The van der Waals surface area contributed by atoms with Gasteiger partial charge in [0.15, 0.2) is 5.76 Å². The van der Waals surface area contributed by atoms with Gasteiger partial charge < -0.3 is 18.6 Å². The topological polar surface area (TPSA) is 64.7 Å². The molecule has 2 aromatic rings. The Morgan fingerprint density at radius 3 is 2.92 bits per heavy atom. The molecule has 1 unspecified atom stereocenters. The van der Waals surface area contributed by atoms with Crippen molar-refractivity contribution in [3.8, 4) is 0 Å². The summed E-state index contributed by atoms with van der Waals surface area (Å²) in [6.45, 7) is 5.07. The Balaban J connectivity index is 1.68. The summed E-state index contributed by atoms with van der Waals surface area (Å²) in [5.74, 6) is 1.18. The number of carbonyl (C=O) groups is 1. The van der Waals surface area contributed by atoms with Gasteiger partial charge in [0.2, 0.25) is 0 Å². The average Bonchev–Trinajstić information content (AvgIpc) is 3.26. The lowest BCUT2D eigenvalue weighted by molar-refractivity contribution is 0.0697. The molecule has 0 saturated carbocycles. The molecule has 1 aliphatic heterocycles. The SMILES string of the molecule is CCN(CC1CCOC1)C(=O)c1ccc(Cn2ccccc2=O)o1. The number of aromatic nitrogens is 1. The maximum absolute atomic E-state index is 12.6. The molecule has 6 heteroatoms. The number of carbonyl (C=O) groups excluding carboxylic acids is 1. The number of rotatable bonds is 6. The van der Waals surface area contributed by atoms with Crippen LogP contribution in [0.2, 0.25) is 0 Å². The number of amides is 1. The van der Waals surface area contributed by atoms with Crippen LogP contribution in [-0.4, -0.2) is 41.7 Å². The molecule has 3 heterocycles. The van der Waals surface area contributed by atoms with Crippen LogP contribution in [-0.2, 0) is 11.3 Å². The second-order valence-corrected chi connectivity index (χ2v) is 6.01. The third kappa shape index (κ3) is 3.76. The van der Waals surface area contributed by atoms with Crippen LogP contribution in [0.15, 0.2) is 45.7 Å². The Kier molecular flexibility index (Phi) is 5.15. The lowest BCUT2D eigenvalue weighted by Gasteiger charge is -2.22. The molecule has 2 aromatic heterocycles. The summed E-state index contributed by atoms with van der Waals surface area (Å²) in [6, 6.07) is 8.41. The van der Waals surface area contributed by atoms with Crippen LogP contribution in [0, 0.1) is 5.92 Å². The monoisotopic (exact) mass is 330 g/mol. The fourth-order valence-electron chi connectivity index (χ4n) is 2.89. The van der Waals surface area contributed by atoms with Gasteiger partial charge in [-0.3, -0.25) is 9.59 Å². The molecular weight excluding hydrogens is 308 g/mol. The fourth-order valence-corrected chi connectivity index (χ4v) is 2.89. The summed E-state index contributed by atoms with van der Waals surface area (Å²) >= 11 is 0. The van der Waals surface area contributed by atoms with E-state index in [1.54, 1.807) is 39.9 Å². The highest BCUT2D eigenvalue weighted by atomic mass is 16.5. The highest BCUT2D eigenvalue weighted by Crippen LogP contribution is 2.17. The number of furan rings is 1. The number of pyridine rings is 1. The average molecular weight is 330 g/mol. The largest absolute Gasteiger partial charge is 0.454 e. The van der Waals surface area contributed by atoms with Crippen LogP contribution in [0.4, 0.5) is 0 Å². The summed E-state index contributed by atoms with van der Waals surface area (Å²) in [5.41, 5.74) is -0.0989. The zero-order valence-corrected chi connectivity index (χ0v) is 13.8. The van der Waals surface area contributed by atoms with Gasteiger partial charge in [-0.1, -0.05) is 6.07 Å². The van der Waals surface area contributed by atoms with E-state index in [0.717, 1.165) is 13.0 Å². The normalized spacial score (nSPS) is 17.1. The van der Waals surface area contributed by atoms with Gasteiger partial charge in [-0.15, -0.1) is 0 Å². The van der Waals surface area contributed by atoms with Crippen LogP contribution in [0.5, 0.6) is 0 Å². The first kappa shape index (κ1) is 16.5. The van der Waals surface area contributed by atoms with Crippen molar-refractivity contribution < 1.29 is 13.9 Å². The molecule has 24 heavy (non-hydrogen) atoms. The van der Waals surface area contributed by atoms with E-state index in [1.165, 1.54) is 6.07 Å². The molecule has 0 bridgehead atoms. The van der Waals surface area contributed by atoms with Crippen molar-refractivity contribution >= 4 is 5.91 Å². The van der Waals surface area contributed by atoms with Crippen molar-refractivity contribution in [1.82, 2.24) is 9.47 Å². The van der Waals surface area contributed by atoms with Crippen molar-refractivity contribution in [2.24, 2.45) is 5.92 Å². The van der Waals surface area contributed by atoms with E-state index in [-0.39, 0.29) is 11.5 Å². The first-order valence-electron chi connectivity index (χ1n) is 8.28. The molecule has 0 spiro atoms. The Bertz CT molecular complexity index is 743. The molecule has 1 aliphatic rings. The predicted molar refractivity (Wildman–Crippen MR) is 89.0 cm³/mol. The number of hydrogen-bond acceptors (Lipinski definition) is 4. The van der Waals surface area contributed by atoms with Crippen molar-refractivity contribution in [1.29, 1.82) is 0 Å². The van der Waals surface area contributed by atoms with Crippen molar-refractivity contribution in [2.45, 2.75) is 19.9 Å². The van der Waals surface area contributed by atoms with Crippen molar-refractivity contribution in [3.63, 3.8) is 0 Å². The van der Waals surface area contributed by atoms with Crippen LogP contribution < -0.4 is 5.56 Å². The van der Waals surface area contributed by atoms with Crippen LogP contribution in [0.1, 0.15) is 29.7 Å². The zero-order valence-electron chi connectivity index (χ0n) is 13.8. The summed E-state index contributed by atoms with van der Waals surface area (Å²) < 4.78 is 12.6. The fraction of sp³-hybridized carbons (Fsp3) is 0.444. The molecule has 3 rings (SSSR count). The van der Waals surface area contributed by atoms with E-state index in [9.17, 15) is 9.59 Å². The van der Waals surface area contributed by atoms with Gasteiger partial charge >= 0.3 is 0 Å². The molecule has 0 aliphatic carbocycles. The van der Waals surface area contributed by atoms with Gasteiger partial charge in [0.1, 0.15) is 5.76 Å². The highest BCUT2D eigenvalue weighted by molar-refractivity contribution is 5.91. The summed E-state index contributed by atoms with van der Waals surface area (Å²) in [7, 11) is 0. The molecule has 128 valence electrons. The quantitative estimate of drug-likeness (QED) is 0.812. The Morgan fingerprint density at radius 2 is 2.21 bits per heavy atom. The first-order valence-corrected chi connectivity index (χ1v) is 8.28. The number of nitrogens with zero attached hydrogens (tertiary/aromatic N) is 2. The lowest BCUT2D eigenvalue weighted by Crippen LogP contribution is -2.35. The maximum Gasteiger partial charge on any atom is 0.289 e. The summed E-state index contributed by atoms with van der Waals surface area (Å²) in [5, 5.41) is 0. The molecule has 1 saturated heterocycles. The minimum absolute atomic E-state index is 0.0989. The molecule has 0 N–H and O–H groups in total. The molecular formula is C18H22N2O4. The van der Waals surface area contributed by atoms with Crippen molar-refractivity contribution in [2.75, 3.05) is 26.3 Å². The second kappa shape index (κ2) is 7.49. The van der Waals surface area contributed by atoms with E-state index in [0.29, 0.717) is 43.7 Å². The van der Waals surface area contributed by atoms with Gasteiger partial charge in [0, 0.05) is 37.9 Å². The third-order valence-corrected chi connectivity index (χ3v) is 4.27. The standard InChI is InChI=1S/C18H22N2O4/c1-2-19(11-14-8-10-23-13-14)18(22)16-7-6-15(24-16)12-20-9-4-3-5-17(20)21/h3-7,9,14H,2,8,10-13H2,1H3. The van der Waals surface area contributed by atoms with Gasteiger partial charge in [0.25, 0.3) is 11.5 Å². The molecule has 1 amide bonds. The predicted octanol–water partition coefficient (Wildman–Crippen LogP) is 1.99. The van der Waals surface area contributed by atoms with E-state index in [1.807, 2.05) is 6.92 Å². The molecule has 1 atom stereocenters. The van der Waals surface area contributed by atoms with E-state index in [4.69, 9.17) is 9.15 Å². The Hall–Kier alpha value is -2.34. The van der Waals surface area contributed by atoms with Gasteiger partial charge in [-0.25, -0.2) is 0 Å². The maximum atomic E-state index is 12.6. The van der Waals surface area contributed by atoms with E-state index < -0.39 is 0 Å². The molecule has 0 aromatic carbocycles. The number of ether oxygens (including phenoxy) is 1. The van der Waals surface area contributed by atoms with Crippen LogP contribution in [0.3, 0.4) is 0 Å². The zero-order chi connectivity index (χ0) is 16.9. The van der Waals surface area contributed by atoms with Crippen LogP contribution >= 0.6 is 0 Å². The van der Waals surface area contributed by atoms with E-state index in [2.05, 4.69) is 0 Å². The summed E-state index contributed by atoms with van der Waals surface area (Å²) in [4.78, 5) is 26.2. The summed E-state index contributed by atoms with van der Waals surface area (Å²) in [6.07, 6.45) is 2.69. The second-order valence-electron chi connectivity index (χ2n) is 6.01.